The molecule has 1 rings (SSSR count). The van der Waals surface area contributed by atoms with Gasteiger partial charge in [0.2, 0.25) is 5.91 Å². The summed E-state index contributed by atoms with van der Waals surface area (Å²) in [7, 11) is 3.24. The summed E-state index contributed by atoms with van der Waals surface area (Å²) >= 11 is 5.91. The van der Waals surface area contributed by atoms with Crippen LogP contribution in [0.1, 0.15) is 16.1 Å². The van der Waals surface area contributed by atoms with Crippen LogP contribution >= 0.6 is 11.6 Å². The lowest BCUT2D eigenvalue weighted by atomic mass is 10.2. The number of halogens is 1. The van der Waals surface area contributed by atoms with Crippen LogP contribution in [0.15, 0.2) is 12.3 Å². The number of carbonyl (C=O) groups is 2. The van der Waals surface area contributed by atoms with Crippen LogP contribution in [0.5, 0.6) is 0 Å². The van der Waals surface area contributed by atoms with E-state index in [4.69, 9.17) is 11.6 Å². The van der Waals surface area contributed by atoms with Crippen molar-refractivity contribution in [3.05, 3.63) is 28.5 Å². The molecule has 1 aromatic heterocycles. The van der Waals surface area contributed by atoms with Crippen LogP contribution in [0.2, 0.25) is 5.02 Å². The van der Waals surface area contributed by atoms with E-state index in [2.05, 4.69) is 10.3 Å². The van der Waals surface area contributed by atoms with Crippen LogP contribution in [0.3, 0.4) is 0 Å². The molecule has 0 radical (unpaired) electrons. The average Bonchev–Trinajstić information content (AvgIpc) is 2.25. The lowest BCUT2D eigenvalue weighted by molar-refractivity contribution is -0.127. The van der Waals surface area contributed by atoms with Gasteiger partial charge in [-0.05, 0) is 13.0 Å². The van der Waals surface area contributed by atoms with Gasteiger partial charge in [-0.1, -0.05) is 11.6 Å². The van der Waals surface area contributed by atoms with Crippen molar-refractivity contribution in [3.8, 4) is 0 Å². The number of nitrogens with zero attached hydrogens (tertiary/aromatic N) is 2. The van der Waals surface area contributed by atoms with Crippen molar-refractivity contribution in [2.24, 2.45) is 0 Å². The minimum Gasteiger partial charge on any atom is -0.347 e. The van der Waals surface area contributed by atoms with Gasteiger partial charge < -0.3 is 10.2 Å². The van der Waals surface area contributed by atoms with Gasteiger partial charge in [-0.15, -0.1) is 0 Å². The van der Waals surface area contributed by atoms with Crippen LogP contribution in [0.25, 0.3) is 0 Å². The molecule has 0 saturated carbocycles. The first-order chi connectivity index (χ1) is 7.91. The zero-order chi connectivity index (χ0) is 13.0. The van der Waals surface area contributed by atoms with Crippen LogP contribution in [-0.4, -0.2) is 42.3 Å². The number of pyridine rings is 1. The third kappa shape index (κ3) is 3.71. The summed E-state index contributed by atoms with van der Waals surface area (Å²) in [6.07, 6.45) is 1.40. The second-order valence-electron chi connectivity index (χ2n) is 3.78. The molecular weight excluding hydrogens is 242 g/mol. The maximum absolute atomic E-state index is 11.7. The maximum atomic E-state index is 11.7. The monoisotopic (exact) mass is 255 g/mol. The van der Waals surface area contributed by atoms with E-state index in [0.29, 0.717) is 5.02 Å². The van der Waals surface area contributed by atoms with Crippen LogP contribution in [-0.2, 0) is 4.79 Å². The molecule has 92 valence electrons. The summed E-state index contributed by atoms with van der Waals surface area (Å²) in [6, 6.07) is 1.60. The Morgan fingerprint density at radius 2 is 2.12 bits per heavy atom. The lowest BCUT2D eigenvalue weighted by Gasteiger charge is -2.11. The first-order valence-electron chi connectivity index (χ1n) is 5.02. The van der Waals surface area contributed by atoms with Crippen molar-refractivity contribution in [2.45, 2.75) is 6.92 Å². The molecule has 0 aromatic carbocycles. The van der Waals surface area contributed by atoms with Crippen molar-refractivity contribution >= 4 is 23.4 Å². The minimum atomic E-state index is -0.405. The Labute approximate surface area is 105 Å². The van der Waals surface area contributed by atoms with Gasteiger partial charge in [-0.2, -0.15) is 0 Å². The molecule has 0 fully saturated rings. The SMILES string of the molecule is Cc1cc(Cl)c(C(=O)NCC(=O)N(C)C)cn1. The second kappa shape index (κ2) is 5.63. The summed E-state index contributed by atoms with van der Waals surface area (Å²) in [4.78, 5) is 28.4. The molecular formula is C11H14ClN3O2. The summed E-state index contributed by atoms with van der Waals surface area (Å²) in [5, 5.41) is 2.81. The predicted octanol–water partition coefficient (Wildman–Crippen LogP) is 0.861. The lowest BCUT2D eigenvalue weighted by Crippen LogP contribution is -2.36. The highest BCUT2D eigenvalue weighted by Crippen LogP contribution is 2.15. The molecule has 0 bridgehead atoms. The molecule has 0 aliphatic heterocycles. The Hall–Kier alpha value is -1.62. The molecule has 17 heavy (non-hydrogen) atoms. The van der Waals surface area contributed by atoms with Crippen molar-refractivity contribution in [1.82, 2.24) is 15.2 Å². The van der Waals surface area contributed by atoms with Gasteiger partial charge in [-0.3, -0.25) is 14.6 Å². The Balaban J connectivity index is 2.68. The highest BCUT2D eigenvalue weighted by molar-refractivity contribution is 6.33. The fraction of sp³-hybridized carbons (Fsp3) is 0.364. The largest absolute Gasteiger partial charge is 0.347 e. The average molecular weight is 256 g/mol. The topological polar surface area (TPSA) is 62.3 Å². The Kier molecular flexibility index (Phi) is 4.45. The molecule has 1 N–H and O–H groups in total. The van der Waals surface area contributed by atoms with Crippen LogP contribution in [0, 0.1) is 6.92 Å². The number of amides is 2. The number of carbonyl (C=O) groups excluding carboxylic acids is 2. The molecule has 2 amide bonds. The summed E-state index contributed by atoms with van der Waals surface area (Å²) in [6.45, 7) is 1.72. The molecule has 6 heteroatoms. The Morgan fingerprint density at radius 1 is 1.47 bits per heavy atom. The standard InChI is InChI=1S/C11H14ClN3O2/c1-7-4-9(12)8(5-13-7)11(17)14-6-10(16)15(2)3/h4-5H,6H2,1-3H3,(H,14,17). The smallest absolute Gasteiger partial charge is 0.254 e. The van der Waals surface area contributed by atoms with Gasteiger partial charge in [0.15, 0.2) is 0 Å². The van der Waals surface area contributed by atoms with Gasteiger partial charge in [-0.25, -0.2) is 0 Å². The van der Waals surface area contributed by atoms with E-state index < -0.39 is 5.91 Å². The highest BCUT2D eigenvalue weighted by atomic mass is 35.5. The quantitative estimate of drug-likeness (QED) is 0.872. The van der Waals surface area contributed by atoms with Crippen molar-refractivity contribution in [1.29, 1.82) is 0 Å². The molecule has 5 nitrogen and oxygen atoms in total. The zero-order valence-electron chi connectivity index (χ0n) is 9.95. The maximum Gasteiger partial charge on any atom is 0.254 e. The van der Waals surface area contributed by atoms with Crippen molar-refractivity contribution in [2.75, 3.05) is 20.6 Å². The van der Waals surface area contributed by atoms with Crippen molar-refractivity contribution in [3.63, 3.8) is 0 Å². The zero-order valence-corrected chi connectivity index (χ0v) is 10.7. The van der Waals surface area contributed by atoms with E-state index in [1.165, 1.54) is 11.1 Å². The van der Waals surface area contributed by atoms with E-state index in [1.807, 2.05) is 0 Å². The van der Waals surface area contributed by atoms with E-state index >= 15 is 0 Å². The van der Waals surface area contributed by atoms with Gasteiger partial charge in [0.1, 0.15) is 0 Å². The summed E-state index contributed by atoms with van der Waals surface area (Å²) < 4.78 is 0. The molecule has 0 saturated heterocycles. The number of hydrogen-bond acceptors (Lipinski definition) is 3. The first-order valence-corrected chi connectivity index (χ1v) is 5.40. The van der Waals surface area contributed by atoms with E-state index in [1.54, 1.807) is 27.1 Å². The number of aryl methyl sites for hydroxylation is 1. The Morgan fingerprint density at radius 3 is 2.65 bits per heavy atom. The van der Waals surface area contributed by atoms with E-state index in [9.17, 15) is 9.59 Å². The van der Waals surface area contributed by atoms with Crippen LogP contribution < -0.4 is 5.32 Å². The normalized spacial score (nSPS) is 9.88. The van der Waals surface area contributed by atoms with E-state index in [-0.39, 0.29) is 18.0 Å². The number of nitrogens with one attached hydrogen (secondary N) is 1. The molecule has 0 aliphatic rings. The van der Waals surface area contributed by atoms with Gasteiger partial charge >= 0.3 is 0 Å². The fourth-order valence-corrected chi connectivity index (χ4v) is 1.40. The molecule has 1 heterocycles. The number of aromatic nitrogens is 1. The minimum absolute atomic E-state index is 0.0595. The Bertz CT molecular complexity index is 446. The third-order valence-electron chi connectivity index (χ3n) is 2.13. The molecule has 0 unspecified atom stereocenters. The number of hydrogen-bond donors (Lipinski definition) is 1. The van der Waals surface area contributed by atoms with E-state index in [0.717, 1.165) is 5.69 Å². The molecule has 0 aliphatic carbocycles. The molecule has 0 atom stereocenters. The molecule has 0 spiro atoms. The second-order valence-corrected chi connectivity index (χ2v) is 4.18. The number of rotatable bonds is 3. The fourth-order valence-electron chi connectivity index (χ4n) is 1.10. The number of likely N-dealkylation sites (N-methyl/N-ethyl adjacent to an activating group) is 1. The summed E-state index contributed by atoms with van der Waals surface area (Å²) in [5.74, 6) is -0.591. The van der Waals surface area contributed by atoms with Gasteiger partial charge in [0.05, 0.1) is 17.1 Å². The van der Waals surface area contributed by atoms with Crippen molar-refractivity contribution < 1.29 is 9.59 Å². The predicted molar refractivity (Wildman–Crippen MR) is 65.0 cm³/mol. The first kappa shape index (κ1) is 13.4. The van der Waals surface area contributed by atoms with Gasteiger partial charge in [0, 0.05) is 26.0 Å². The van der Waals surface area contributed by atoms with Gasteiger partial charge in [0.25, 0.3) is 5.91 Å². The molecule has 1 aromatic rings. The highest BCUT2D eigenvalue weighted by Gasteiger charge is 2.12. The van der Waals surface area contributed by atoms with Crippen LogP contribution in [0.4, 0.5) is 0 Å². The third-order valence-corrected chi connectivity index (χ3v) is 2.45. The summed E-state index contributed by atoms with van der Waals surface area (Å²) in [5.41, 5.74) is 1.000.